The van der Waals surface area contributed by atoms with Crippen LogP contribution in [0.25, 0.3) is 11.6 Å². The van der Waals surface area contributed by atoms with Gasteiger partial charge in [0, 0.05) is 19.0 Å². The van der Waals surface area contributed by atoms with Gasteiger partial charge in [0.25, 0.3) is 5.91 Å². The number of hydrogen-bond donors (Lipinski definition) is 3. The van der Waals surface area contributed by atoms with Crippen LogP contribution in [0.15, 0.2) is 52.2 Å². The standard InChI is InChI=1S/C23H26N6O4S/c24-19(30)11-12-29-21(18-10-5-13-33-18)27-28-23(29)34-14-20(31)26-17-9-4-3-8-16(17)22(32)25-15-6-1-2-7-15/h3-5,8-10,13,15H,1-2,6-7,11-12,14H2,(H2,24,30)(H,25,32)(H,26,31). The largest absolute Gasteiger partial charge is 0.461 e. The molecule has 0 spiro atoms. The van der Waals surface area contributed by atoms with Gasteiger partial charge < -0.3 is 20.8 Å². The first-order chi connectivity index (χ1) is 16.5. The Morgan fingerprint density at radius 1 is 1.12 bits per heavy atom. The highest BCUT2D eigenvalue weighted by Gasteiger charge is 2.21. The van der Waals surface area contributed by atoms with Crippen molar-refractivity contribution in [2.24, 2.45) is 5.73 Å². The molecule has 1 aliphatic carbocycles. The molecule has 0 bridgehead atoms. The molecule has 1 aromatic carbocycles. The zero-order chi connectivity index (χ0) is 23.9. The number of amides is 3. The summed E-state index contributed by atoms with van der Waals surface area (Å²) in [6, 6.07) is 10.6. The fraction of sp³-hybridized carbons (Fsp3) is 0.348. The van der Waals surface area contributed by atoms with Crippen molar-refractivity contribution in [3.8, 4) is 11.6 Å². The highest BCUT2D eigenvalue weighted by Crippen LogP contribution is 2.25. The van der Waals surface area contributed by atoms with E-state index in [0.29, 0.717) is 28.0 Å². The molecule has 11 heteroatoms. The number of nitrogens with one attached hydrogen (secondary N) is 2. The average molecular weight is 483 g/mol. The number of carbonyl (C=O) groups excluding carboxylic acids is 3. The van der Waals surface area contributed by atoms with Crippen molar-refractivity contribution in [3.63, 3.8) is 0 Å². The van der Waals surface area contributed by atoms with Crippen LogP contribution in [0.3, 0.4) is 0 Å². The molecule has 0 radical (unpaired) electrons. The summed E-state index contributed by atoms with van der Waals surface area (Å²) in [5, 5.41) is 14.6. The molecule has 4 N–H and O–H groups in total. The van der Waals surface area contributed by atoms with E-state index in [1.54, 1.807) is 41.0 Å². The summed E-state index contributed by atoms with van der Waals surface area (Å²) in [6.07, 6.45) is 5.80. The Bertz CT molecular complexity index is 1150. The Morgan fingerprint density at radius 3 is 2.65 bits per heavy atom. The molecular weight excluding hydrogens is 456 g/mol. The van der Waals surface area contributed by atoms with E-state index in [1.807, 2.05) is 0 Å². The zero-order valence-corrected chi connectivity index (χ0v) is 19.3. The van der Waals surface area contributed by atoms with E-state index in [9.17, 15) is 14.4 Å². The van der Waals surface area contributed by atoms with E-state index in [4.69, 9.17) is 10.2 Å². The number of anilines is 1. The fourth-order valence-electron chi connectivity index (χ4n) is 3.85. The number of para-hydroxylation sites is 1. The maximum Gasteiger partial charge on any atom is 0.253 e. The summed E-state index contributed by atoms with van der Waals surface area (Å²) >= 11 is 1.17. The van der Waals surface area contributed by atoms with Crippen molar-refractivity contribution >= 4 is 35.2 Å². The molecule has 0 aliphatic heterocycles. The van der Waals surface area contributed by atoms with Gasteiger partial charge in [0.1, 0.15) is 0 Å². The predicted molar refractivity (Wildman–Crippen MR) is 127 cm³/mol. The number of rotatable bonds is 10. The fourth-order valence-corrected chi connectivity index (χ4v) is 4.61. The summed E-state index contributed by atoms with van der Waals surface area (Å²) in [6.45, 7) is 0.256. The van der Waals surface area contributed by atoms with Gasteiger partial charge in [-0.15, -0.1) is 10.2 Å². The summed E-state index contributed by atoms with van der Waals surface area (Å²) in [7, 11) is 0. The van der Waals surface area contributed by atoms with E-state index in [1.165, 1.54) is 18.0 Å². The van der Waals surface area contributed by atoms with E-state index in [-0.39, 0.29) is 36.6 Å². The topological polar surface area (TPSA) is 145 Å². The molecule has 0 unspecified atom stereocenters. The van der Waals surface area contributed by atoms with Crippen LogP contribution in [0.2, 0.25) is 0 Å². The molecule has 178 valence electrons. The Morgan fingerprint density at radius 2 is 1.91 bits per heavy atom. The van der Waals surface area contributed by atoms with Gasteiger partial charge in [-0.1, -0.05) is 36.7 Å². The van der Waals surface area contributed by atoms with Crippen LogP contribution in [-0.4, -0.2) is 44.3 Å². The molecular formula is C23H26N6O4S. The molecule has 3 aromatic rings. The summed E-state index contributed by atoms with van der Waals surface area (Å²) in [5.41, 5.74) is 6.19. The smallest absolute Gasteiger partial charge is 0.253 e. The molecule has 2 heterocycles. The normalized spacial score (nSPS) is 13.6. The van der Waals surface area contributed by atoms with Gasteiger partial charge in [0.05, 0.1) is 23.3 Å². The van der Waals surface area contributed by atoms with Crippen LogP contribution in [0, 0.1) is 0 Å². The lowest BCUT2D eigenvalue weighted by molar-refractivity contribution is -0.118. The zero-order valence-electron chi connectivity index (χ0n) is 18.5. The molecule has 3 amide bonds. The van der Waals surface area contributed by atoms with Gasteiger partial charge in [0.2, 0.25) is 11.8 Å². The third-order valence-corrected chi connectivity index (χ3v) is 6.48. The highest BCUT2D eigenvalue weighted by atomic mass is 32.2. The van der Waals surface area contributed by atoms with Gasteiger partial charge in [-0.25, -0.2) is 0 Å². The van der Waals surface area contributed by atoms with Gasteiger partial charge in [-0.2, -0.15) is 0 Å². The summed E-state index contributed by atoms with van der Waals surface area (Å²) < 4.78 is 7.10. The Labute approximate surface area is 200 Å². The highest BCUT2D eigenvalue weighted by molar-refractivity contribution is 7.99. The maximum absolute atomic E-state index is 12.7. The molecule has 0 atom stereocenters. The predicted octanol–water partition coefficient (Wildman–Crippen LogP) is 2.82. The van der Waals surface area contributed by atoms with Crippen LogP contribution in [-0.2, 0) is 16.1 Å². The van der Waals surface area contributed by atoms with Crippen LogP contribution < -0.4 is 16.4 Å². The Balaban J connectivity index is 1.42. The average Bonchev–Trinajstić information content (AvgIpc) is 3.58. The molecule has 1 aliphatic rings. The number of hydrogen-bond acceptors (Lipinski definition) is 7. The minimum atomic E-state index is -0.458. The Kier molecular flexibility index (Phi) is 7.63. The number of aromatic nitrogens is 3. The number of carbonyl (C=O) groups is 3. The van der Waals surface area contributed by atoms with Crippen LogP contribution in [0.5, 0.6) is 0 Å². The van der Waals surface area contributed by atoms with Crippen molar-refractivity contribution < 1.29 is 18.8 Å². The lowest BCUT2D eigenvalue weighted by Crippen LogP contribution is -2.33. The van der Waals surface area contributed by atoms with Gasteiger partial charge in [-0.05, 0) is 37.1 Å². The van der Waals surface area contributed by atoms with Crippen LogP contribution in [0.1, 0.15) is 42.5 Å². The quantitative estimate of drug-likeness (QED) is 0.377. The molecule has 1 saturated carbocycles. The number of furan rings is 1. The molecule has 2 aromatic heterocycles. The third kappa shape index (κ3) is 5.84. The minimum absolute atomic E-state index is 0.0332. The van der Waals surface area contributed by atoms with E-state index < -0.39 is 5.91 Å². The molecule has 0 saturated heterocycles. The lowest BCUT2D eigenvalue weighted by atomic mass is 10.1. The third-order valence-electron chi connectivity index (χ3n) is 5.51. The maximum atomic E-state index is 12.7. The van der Waals surface area contributed by atoms with Crippen molar-refractivity contribution in [1.29, 1.82) is 0 Å². The number of thioether (sulfide) groups is 1. The van der Waals surface area contributed by atoms with Crippen molar-refractivity contribution in [2.45, 2.75) is 49.8 Å². The van der Waals surface area contributed by atoms with E-state index in [2.05, 4.69) is 20.8 Å². The number of primary amides is 1. The SMILES string of the molecule is NC(=O)CCn1c(SCC(=O)Nc2ccccc2C(=O)NC2CCCC2)nnc1-c1ccco1. The molecule has 34 heavy (non-hydrogen) atoms. The Hall–Kier alpha value is -3.60. The van der Waals surface area contributed by atoms with Crippen molar-refractivity contribution in [1.82, 2.24) is 20.1 Å². The van der Waals surface area contributed by atoms with Crippen LogP contribution in [0.4, 0.5) is 5.69 Å². The number of nitrogens with two attached hydrogens (primary N) is 1. The van der Waals surface area contributed by atoms with E-state index >= 15 is 0 Å². The van der Waals surface area contributed by atoms with Crippen molar-refractivity contribution in [3.05, 3.63) is 48.2 Å². The second kappa shape index (κ2) is 11.0. The molecule has 4 rings (SSSR count). The summed E-state index contributed by atoms with van der Waals surface area (Å²) in [4.78, 5) is 36.7. The molecule has 10 nitrogen and oxygen atoms in total. The van der Waals surface area contributed by atoms with Gasteiger partial charge >= 0.3 is 0 Å². The van der Waals surface area contributed by atoms with Gasteiger partial charge in [-0.3, -0.25) is 19.0 Å². The number of nitrogens with zero attached hydrogens (tertiary/aromatic N) is 3. The first-order valence-corrected chi connectivity index (χ1v) is 12.1. The first kappa shape index (κ1) is 23.6. The lowest BCUT2D eigenvalue weighted by Gasteiger charge is -2.15. The minimum Gasteiger partial charge on any atom is -0.461 e. The first-order valence-electron chi connectivity index (χ1n) is 11.1. The second-order valence-corrected chi connectivity index (χ2v) is 8.93. The van der Waals surface area contributed by atoms with E-state index in [0.717, 1.165) is 25.7 Å². The van der Waals surface area contributed by atoms with Gasteiger partial charge in [0.15, 0.2) is 16.7 Å². The molecule has 1 fully saturated rings. The summed E-state index contributed by atoms with van der Waals surface area (Å²) in [5.74, 6) is 0.0320. The van der Waals surface area contributed by atoms with Crippen LogP contribution >= 0.6 is 11.8 Å². The second-order valence-electron chi connectivity index (χ2n) is 7.99. The number of benzene rings is 1. The van der Waals surface area contributed by atoms with Crippen molar-refractivity contribution in [2.75, 3.05) is 11.1 Å². The monoisotopic (exact) mass is 482 g/mol.